The van der Waals surface area contributed by atoms with Crippen molar-refractivity contribution < 1.29 is 23.3 Å². The number of nitrogens with one attached hydrogen (secondary N) is 1. The van der Waals surface area contributed by atoms with E-state index in [0.29, 0.717) is 0 Å². The second kappa shape index (κ2) is 8.20. The minimum absolute atomic E-state index is 0.0282. The Morgan fingerprint density at radius 2 is 1.59 bits per heavy atom. The Balaban J connectivity index is 1.84. The van der Waals surface area contributed by atoms with E-state index in [4.69, 9.17) is 11.6 Å². The first-order valence-electron chi connectivity index (χ1n) is 9.12. The summed E-state index contributed by atoms with van der Waals surface area (Å²) < 4.78 is 27.0. The van der Waals surface area contributed by atoms with Crippen molar-refractivity contribution in [2.75, 3.05) is 10.2 Å². The van der Waals surface area contributed by atoms with Crippen LogP contribution in [0.2, 0.25) is 5.02 Å². The van der Waals surface area contributed by atoms with Gasteiger partial charge in [-0.15, -0.1) is 0 Å². The van der Waals surface area contributed by atoms with Crippen LogP contribution in [0.5, 0.6) is 0 Å². The van der Waals surface area contributed by atoms with Crippen LogP contribution in [0.3, 0.4) is 0 Å². The Morgan fingerprint density at radius 1 is 0.906 bits per heavy atom. The number of carbonyl (C=O) groups is 2. The lowest BCUT2D eigenvalue weighted by molar-refractivity contribution is -0.384. The molecule has 3 aromatic rings. The number of hydrogen-bond donors (Lipinski definition) is 1. The Hall–Kier alpha value is -4.11. The van der Waals surface area contributed by atoms with Gasteiger partial charge in [-0.25, -0.2) is 13.7 Å². The molecule has 1 aliphatic heterocycles. The molecular formula is C22H12ClF2N3O4. The van der Waals surface area contributed by atoms with Crippen LogP contribution < -0.4 is 10.2 Å². The largest absolute Gasteiger partial charge is 0.350 e. The number of nitro benzene ring substituents is 1. The standard InChI is InChI=1S/C22H12ClF2N3O4/c23-15-3-1-2-4-18(15)27-21(29)19(12-5-8-14(9-6-12)28(31)32)20(22(27)30)26-13-7-10-16(24)17(25)11-13/h1-11,26H. The summed E-state index contributed by atoms with van der Waals surface area (Å²) in [6, 6.07) is 14.1. The van der Waals surface area contributed by atoms with Gasteiger partial charge < -0.3 is 5.32 Å². The van der Waals surface area contributed by atoms with Gasteiger partial charge in [-0.3, -0.25) is 19.7 Å². The van der Waals surface area contributed by atoms with E-state index in [2.05, 4.69) is 5.32 Å². The van der Waals surface area contributed by atoms with Gasteiger partial charge >= 0.3 is 0 Å². The van der Waals surface area contributed by atoms with Crippen molar-refractivity contribution in [3.63, 3.8) is 0 Å². The summed E-state index contributed by atoms with van der Waals surface area (Å²) in [5.41, 5.74) is -0.145. The first-order valence-corrected chi connectivity index (χ1v) is 9.50. The van der Waals surface area contributed by atoms with Crippen LogP contribution in [-0.2, 0) is 9.59 Å². The van der Waals surface area contributed by atoms with Crippen molar-refractivity contribution in [1.82, 2.24) is 0 Å². The molecule has 4 rings (SSSR count). The minimum Gasteiger partial charge on any atom is -0.350 e. The van der Waals surface area contributed by atoms with Gasteiger partial charge in [0.05, 0.1) is 21.2 Å². The number of anilines is 2. The van der Waals surface area contributed by atoms with Crippen LogP contribution >= 0.6 is 11.6 Å². The number of hydrogen-bond acceptors (Lipinski definition) is 5. The van der Waals surface area contributed by atoms with Crippen molar-refractivity contribution >= 4 is 46.1 Å². The third-order valence-electron chi connectivity index (χ3n) is 4.73. The average molecular weight is 456 g/mol. The zero-order valence-electron chi connectivity index (χ0n) is 16.0. The Kier molecular flexibility index (Phi) is 5.41. The molecule has 0 spiro atoms. The SMILES string of the molecule is O=C1C(Nc2ccc(F)c(F)c2)=C(c2ccc([N+](=O)[O-])cc2)C(=O)N1c1ccccc1Cl. The van der Waals surface area contributed by atoms with Gasteiger partial charge in [0.15, 0.2) is 11.6 Å². The third kappa shape index (κ3) is 3.69. The van der Waals surface area contributed by atoms with E-state index >= 15 is 0 Å². The maximum absolute atomic E-state index is 13.7. The number of benzene rings is 3. The summed E-state index contributed by atoms with van der Waals surface area (Å²) in [6.07, 6.45) is 0. The Labute approximate surface area is 184 Å². The second-order valence-corrected chi connectivity index (χ2v) is 7.11. The van der Waals surface area contributed by atoms with Crippen LogP contribution in [0.25, 0.3) is 5.57 Å². The minimum atomic E-state index is -1.15. The van der Waals surface area contributed by atoms with Crippen LogP contribution in [0.15, 0.2) is 72.4 Å². The van der Waals surface area contributed by atoms with Gasteiger partial charge in [-0.05, 0) is 42.0 Å². The second-order valence-electron chi connectivity index (χ2n) is 6.70. The molecular weight excluding hydrogens is 444 g/mol. The van der Waals surface area contributed by atoms with E-state index in [0.717, 1.165) is 17.0 Å². The fourth-order valence-corrected chi connectivity index (χ4v) is 3.45. The summed E-state index contributed by atoms with van der Waals surface area (Å²) in [4.78, 5) is 37.7. The highest BCUT2D eigenvalue weighted by Gasteiger charge is 2.41. The van der Waals surface area contributed by atoms with E-state index < -0.39 is 28.4 Å². The third-order valence-corrected chi connectivity index (χ3v) is 5.05. The molecule has 0 atom stereocenters. The van der Waals surface area contributed by atoms with Gasteiger partial charge in [0.25, 0.3) is 17.5 Å². The van der Waals surface area contributed by atoms with E-state index in [1.54, 1.807) is 12.1 Å². The highest BCUT2D eigenvalue weighted by molar-refractivity contribution is 6.48. The molecule has 160 valence electrons. The zero-order chi connectivity index (χ0) is 23.0. The topological polar surface area (TPSA) is 92.5 Å². The molecule has 1 aliphatic rings. The normalized spacial score (nSPS) is 13.7. The highest BCUT2D eigenvalue weighted by atomic mass is 35.5. The molecule has 0 aliphatic carbocycles. The molecule has 1 N–H and O–H groups in total. The van der Waals surface area contributed by atoms with Crippen molar-refractivity contribution in [3.8, 4) is 0 Å². The first-order chi connectivity index (χ1) is 15.3. The monoisotopic (exact) mass is 455 g/mol. The van der Waals surface area contributed by atoms with Crippen molar-refractivity contribution in [3.05, 3.63) is 105 Å². The molecule has 32 heavy (non-hydrogen) atoms. The van der Waals surface area contributed by atoms with Crippen molar-refractivity contribution in [2.45, 2.75) is 0 Å². The number of imide groups is 1. The predicted octanol–water partition coefficient (Wildman–Crippen LogP) is 4.92. The van der Waals surface area contributed by atoms with Crippen LogP contribution in [-0.4, -0.2) is 16.7 Å². The van der Waals surface area contributed by atoms with Crippen molar-refractivity contribution in [1.29, 1.82) is 0 Å². The first kappa shape index (κ1) is 21.1. The van der Waals surface area contributed by atoms with Crippen LogP contribution in [0, 0.1) is 21.7 Å². The maximum Gasteiger partial charge on any atom is 0.282 e. The molecule has 0 aromatic heterocycles. The molecule has 7 nitrogen and oxygen atoms in total. The summed E-state index contributed by atoms with van der Waals surface area (Å²) in [5, 5.41) is 13.8. The van der Waals surface area contributed by atoms with Crippen LogP contribution in [0.4, 0.5) is 25.8 Å². The van der Waals surface area contributed by atoms with E-state index in [1.807, 2.05) is 0 Å². The maximum atomic E-state index is 13.7. The molecule has 3 aromatic carbocycles. The summed E-state index contributed by atoms with van der Waals surface area (Å²) >= 11 is 6.18. The Bertz CT molecular complexity index is 1310. The summed E-state index contributed by atoms with van der Waals surface area (Å²) in [7, 11) is 0. The summed E-state index contributed by atoms with van der Waals surface area (Å²) in [6.45, 7) is 0. The van der Waals surface area contributed by atoms with Gasteiger partial charge in [-0.2, -0.15) is 0 Å². The number of nitrogens with zero attached hydrogens (tertiary/aromatic N) is 2. The van der Waals surface area contributed by atoms with Crippen molar-refractivity contribution in [2.24, 2.45) is 0 Å². The van der Waals surface area contributed by atoms with Gasteiger partial charge in [0.2, 0.25) is 0 Å². The molecule has 0 radical (unpaired) electrons. The fraction of sp³-hybridized carbons (Fsp3) is 0. The lowest BCUT2D eigenvalue weighted by Crippen LogP contribution is -2.32. The number of carbonyl (C=O) groups excluding carboxylic acids is 2. The molecule has 0 saturated carbocycles. The number of amides is 2. The average Bonchev–Trinajstić information content (AvgIpc) is 3.01. The number of halogens is 3. The molecule has 10 heteroatoms. The van der Waals surface area contributed by atoms with Gasteiger partial charge in [0.1, 0.15) is 5.70 Å². The van der Waals surface area contributed by atoms with Gasteiger partial charge in [-0.1, -0.05) is 23.7 Å². The van der Waals surface area contributed by atoms with E-state index in [1.165, 1.54) is 42.5 Å². The number of rotatable bonds is 5. The number of nitro groups is 1. The lowest BCUT2D eigenvalue weighted by atomic mass is 10.0. The molecule has 0 bridgehead atoms. The Morgan fingerprint density at radius 3 is 2.22 bits per heavy atom. The van der Waals surface area contributed by atoms with Crippen LogP contribution in [0.1, 0.15) is 5.56 Å². The molecule has 1 heterocycles. The van der Waals surface area contributed by atoms with E-state index in [9.17, 15) is 28.5 Å². The summed E-state index contributed by atoms with van der Waals surface area (Å²) in [5.74, 6) is -3.73. The predicted molar refractivity (Wildman–Crippen MR) is 114 cm³/mol. The fourth-order valence-electron chi connectivity index (χ4n) is 3.23. The zero-order valence-corrected chi connectivity index (χ0v) is 16.8. The number of para-hydroxylation sites is 1. The molecule has 0 saturated heterocycles. The lowest BCUT2D eigenvalue weighted by Gasteiger charge is -2.16. The molecule has 2 amide bonds. The molecule has 0 fully saturated rings. The number of non-ortho nitro benzene ring substituents is 1. The highest BCUT2D eigenvalue weighted by Crippen LogP contribution is 2.37. The molecule has 0 unspecified atom stereocenters. The smallest absolute Gasteiger partial charge is 0.282 e. The quantitative estimate of drug-likeness (QED) is 0.335. The van der Waals surface area contributed by atoms with Gasteiger partial charge in [0, 0.05) is 23.9 Å². The van der Waals surface area contributed by atoms with E-state index in [-0.39, 0.29) is 38.9 Å².